The lowest BCUT2D eigenvalue weighted by atomic mass is 10.3. The summed E-state index contributed by atoms with van der Waals surface area (Å²) in [6.07, 6.45) is 3.46. The van der Waals surface area contributed by atoms with E-state index in [-0.39, 0.29) is 0 Å². The van der Waals surface area contributed by atoms with Crippen molar-refractivity contribution in [3.05, 3.63) is 17.8 Å². The molecule has 13 heavy (non-hydrogen) atoms. The van der Waals surface area contributed by atoms with E-state index in [1.807, 2.05) is 11.8 Å². The van der Waals surface area contributed by atoms with Gasteiger partial charge in [-0.25, -0.2) is 4.98 Å². The summed E-state index contributed by atoms with van der Waals surface area (Å²) in [5.41, 5.74) is 0.951. The monoisotopic (exact) mass is 179 g/mol. The van der Waals surface area contributed by atoms with Crippen molar-refractivity contribution in [2.24, 2.45) is 0 Å². The number of amidine groups is 1. The highest BCUT2D eigenvalue weighted by atomic mass is 16.3. The molecule has 0 unspecified atom stereocenters. The first kappa shape index (κ1) is 8.29. The van der Waals surface area contributed by atoms with Crippen LogP contribution in [0.2, 0.25) is 0 Å². The van der Waals surface area contributed by atoms with E-state index in [4.69, 9.17) is 9.83 Å². The third-order valence-electron chi connectivity index (χ3n) is 2.41. The molecule has 4 heteroatoms. The van der Waals surface area contributed by atoms with E-state index in [1.165, 1.54) is 6.39 Å². The largest absolute Gasteiger partial charge is 0.448 e. The second kappa shape index (κ2) is 3.20. The van der Waals surface area contributed by atoms with Crippen LogP contribution in [0, 0.1) is 12.3 Å². The van der Waals surface area contributed by atoms with Gasteiger partial charge in [-0.05, 0) is 13.3 Å². The first-order valence-corrected chi connectivity index (χ1v) is 4.48. The van der Waals surface area contributed by atoms with E-state index in [2.05, 4.69) is 4.98 Å². The van der Waals surface area contributed by atoms with Gasteiger partial charge in [0.15, 0.2) is 6.39 Å². The Hall–Kier alpha value is -1.32. The van der Waals surface area contributed by atoms with Gasteiger partial charge in [0.2, 0.25) is 0 Å². The molecule has 1 saturated heterocycles. The van der Waals surface area contributed by atoms with Gasteiger partial charge in [0.05, 0.1) is 12.4 Å². The minimum atomic E-state index is 0.723. The lowest BCUT2D eigenvalue weighted by Gasteiger charge is -2.15. The van der Waals surface area contributed by atoms with Gasteiger partial charge in [-0.15, -0.1) is 0 Å². The Morgan fingerprint density at radius 2 is 2.54 bits per heavy atom. The minimum absolute atomic E-state index is 0.723. The van der Waals surface area contributed by atoms with Crippen LogP contribution in [0.5, 0.6) is 0 Å². The number of aromatic nitrogens is 1. The van der Waals surface area contributed by atoms with Crippen LogP contribution in [-0.2, 0) is 6.54 Å². The molecule has 0 spiro atoms. The highest BCUT2D eigenvalue weighted by molar-refractivity contribution is 5.80. The Morgan fingerprint density at radius 3 is 3.08 bits per heavy atom. The molecular weight excluding hydrogens is 166 g/mol. The molecule has 2 rings (SSSR count). The number of oxazole rings is 1. The SMILES string of the molecule is Cc1ocnc1CN1CCCC1=N. The molecule has 2 heterocycles. The Bertz CT molecular complexity index is 318. The van der Waals surface area contributed by atoms with Crippen LogP contribution in [0.4, 0.5) is 0 Å². The fraction of sp³-hybridized carbons (Fsp3) is 0.556. The van der Waals surface area contributed by atoms with E-state index in [0.717, 1.165) is 43.2 Å². The van der Waals surface area contributed by atoms with Crippen LogP contribution in [0.25, 0.3) is 0 Å². The number of nitrogens with zero attached hydrogens (tertiary/aromatic N) is 2. The molecule has 1 aromatic heterocycles. The van der Waals surface area contributed by atoms with Gasteiger partial charge in [0.25, 0.3) is 0 Å². The molecule has 4 nitrogen and oxygen atoms in total. The summed E-state index contributed by atoms with van der Waals surface area (Å²) in [6.45, 7) is 3.61. The molecule has 1 aliphatic rings. The quantitative estimate of drug-likeness (QED) is 0.749. The average molecular weight is 179 g/mol. The zero-order valence-electron chi connectivity index (χ0n) is 7.71. The van der Waals surface area contributed by atoms with E-state index in [1.54, 1.807) is 0 Å². The molecule has 1 aromatic rings. The van der Waals surface area contributed by atoms with Crippen molar-refractivity contribution in [2.45, 2.75) is 26.3 Å². The predicted octanol–water partition coefficient (Wildman–Crippen LogP) is 1.56. The molecule has 1 fully saturated rings. The van der Waals surface area contributed by atoms with Gasteiger partial charge >= 0.3 is 0 Å². The second-order valence-electron chi connectivity index (χ2n) is 3.33. The third-order valence-corrected chi connectivity index (χ3v) is 2.41. The predicted molar refractivity (Wildman–Crippen MR) is 48.6 cm³/mol. The van der Waals surface area contributed by atoms with Gasteiger partial charge in [-0.3, -0.25) is 5.41 Å². The maximum absolute atomic E-state index is 7.65. The first-order chi connectivity index (χ1) is 6.27. The highest BCUT2D eigenvalue weighted by Gasteiger charge is 2.18. The van der Waals surface area contributed by atoms with E-state index in [0.29, 0.717) is 0 Å². The smallest absolute Gasteiger partial charge is 0.181 e. The molecule has 0 atom stereocenters. The minimum Gasteiger partial charge on any atom is -0.448 e. The summed E-state index contributed by atoms with van der Waals surface area (Å²) in [4.78, 5) is 6.16. The zero-order chi connectivity index (χ0) is 9.26. The van der Waals surface area contributed by atoms with E-state index >= 15 is 0 Å². The van der Waals surface area contributed by atoms with Gasteiger partial charge in [0.1, 0.15) is 11.5 Å². The molecular formula is C9H13N3O. The Kier molecular flexibility index (Phi) is 2.04. The summed E-state index contributed by atoms with van der Waals surface area (Å²) in [5.74, 6) is 1.59. The topological polar surface area (TPSA) is 53.1 Å². The first-order valence-electron chi connectivity index (χ1n) is 4.48. The fourth-order valence-corrected chi connectivity index (χ4v) is 1.57. The molecule has 0 saturated carbocycles. The summed E-state index contributed by atoms with van der Waals surface area (Å²) in [6, 6.07) is 0. The van der Waals surface area contributed by atoms with Gasteiger partial charge in [-0.1, -0.05) is 0 Å². The summed E-state index contributed by atoms with van der Waals surface area (Å²) >= 11 is 0. The molecule has 70 valence electrons. The molecule has 0 bridgehead atoms. The van der Waals surface area contributed by atoms with Gasteiger partial charge in [-0.2, -0.15) is 0 Å². The standard InChI is InChI=1S/C9H13N3O/c1-7-8(11-6-13-7)5-12-4-2-3-9(12)10/h6,10H,2-5H2,1H3. The molecule has 0 radical (unpaired) electrons. The molecule has 1 aliphatic heterocycles. The van der Waals surface area contributed by atoms with Crippen LogP contribution >= 0.6 is 0 Å². The Balaban J connectivity index is 2.06. The number of likely N-dealkylation sites (tertiary alicyclic amines) is 1. The summed E-state index contributed by atoms with van der Waals surface area (Å²) < 4.78 is 5.10. The van der Waals surface area contributed by atoms with E-state index < -0.39 is 0 Å². The number of hydrogen-bond acceptors (Lipinski definition) is 3. The van der Waals surface area contributed by atoms with Crippen molar-refractivity contribution in [3.8, 4) is 0 Å². The Morgan fingerprint density at radius 1 is 1.69 bits per heavy atom. The molecule has 0 aliphatic carbocycles. The normalized spacial score (nSPS) is 17.0. The number of hydrogen-bond donors (Lipinski definition) is 1. The van der Waals surface area contributed by atoms with Crippen molar-refractivity contribution in [2.75, 3.05) is 6.54 Å². The lowest BCUT2D eigenvalue weighted by Crippen LogP contribution is -2.23. The highest BCUT2D eigenvalue weighted by Crippen LogP contribution is 2.15. The van der Waals surface area contributed by atoms with Crippen molar-refractivity contribution in [3.63, 3.8) is 0 Å². The van der Waals surface area contributed by atoms with Crippen molar-refractivity contribution in [1.82, 2.24) is 9.88 Å². The van der Waals surface area contributed by atoms with Crippen molar-refractivity contribution in [1.29, 1.82) is 5.41 Å². The number of aryl methyl sites for hydroxylation is 1. The van der Waals surface area contributed by atoms with Gasteiger partial charge in [0, 0.05) is 13.0 Å². The second-order valence-corrected chi connectivity index (χ2v) is 3.33. The Labute approximate surface area is 77.1 Å². The van der Waals surface area contributed by atoms with Crippen LogP contribution in [-0.4, -0.2) is 22.3 Å². The van der Waals surface area contributed by atoms with E-state index in [9.17, 15) is 0 Å². The van der Waals surface area contributed by atoms with Crippen LogP contribution < -0.4 is 0 Å². The van der Waals surface area contributed by atoms with Crippen LogP contribution in [0.15, 0.2) is 10.8 Å². The van der Waals surface area contributed by atoms with Gasteiger partial charge < -0.3 is 9.32 Å². The maximum atomic E-state index is 7.65. The van der Waals surface area contributed by atoms with Crippen molar-refractivity contribution < 1.29 is 4.42 Å². The number of nitrogens with one attached hydrogen (secondary N) is 1. The lowest BCUT2D eigenvalue weighted by molar-refractivity contribution is 0.434. The third kappa shape index (κ3) is 1.56. The summed E-state index contributed by atoms with van der Waals surface area (Å²) in [7, 11) is 0. The zero-order valence-corrected chi connectivity index (χ0v) is 7.71. The average Bonchev–Trinajstić information content (AvgIpc) is 2.65. The molecule has 0 aromatic carbocycles. The summed E-state index contributed by atoms with van der Waals surface area (Å²) in [5, 5.41) is 7.65. The maximum Gasteiger partial charge on any atom is 0.181 e. The molecule has 0 amide bonds. The van der Waals surface area contributed by atoms with Crippen LogP contribution in [0.3, 0.4) is 0 Å². The fourth-order valence-electron chi connectivity index (χ4n) is 1.57. The van der Waals surface area contributed by atoms with Crippen LogP contribution in [0.1, 0.15) is 24.3 Å². The number of rotatable bonds is 2. The molecule has 1 N–H and O–H groups in total. The van der Waals surface area contributed by atoms with Crippen molar-refractivity contribution >= 4 is 5.84 Å².